The zero-order valence-electron chi connectivity index (χ0n) is 25.9. The molecule has 2 rings (SSSR count). The summed E-state index contributed by atoms with van der Waals surface area (Å²) in [6.45, 7) is 11.6. The van der Waals surface area contributed by atoms with Crippen molar-refractivity contribution in [3.05, 3.63) is 23.8 Å². The van der Waals surface area contributed by atoms with Crippen LogP contribution < -0.4 is 0 Å². The van der Waals surface area contributed by atoms with Crippen molar-refractivity contribution >= 4 is 17.5 Å². The Balaban J connectivity index is 2.48. The van der Waals surface area contributed by atoms with Crippen LogP contribution in [0.4, 0.5) is 0 Å². The van der Waals surface area contributed by atoms with E-state index in [1.165, 1.54) is 27.7 Å². The van der Waals surface area contributed by atoms with Gasteiger partial charge in [0.05, 0.1) is 42.4 Å². The van der Waals surface area contributed by atoms with Gasteiger partial charge in [0.25, 0.3) is 0 Å². The molecule has 12 unspecified atom stereocenters. The number of esters is 1. The number of carbonyl (C=O) groups excluding carboxylic acids is 3. The summed E-state index contributed by atoms with van der Waals surface area (Å²) >= 11 is 0. The molecule has 0 aromatic rings. The highest BCUT2D eigenvalue weighted by Crippen LogP contribution is 2.38. The van der Waals surface area contributed by atoms with Crippen molar-refractivity contribution in [3.63, 3.8) is 0 Å². The molecule has 0 spiro atoms. The summed E-state index contributed by atoms with van der Waals surface area (Å²) < 4.78 is 10.8. The van der Waals surface area contributed by atoms with E-state index < -0.39 is 102 Å². The van der Waals surface area contributed by atoms with E-state index in [9.17, 15) is 45.0 Å². The molecule has 2 aliphatic rings. The summed E-state index contributed by atoms with van der Waals surface area (Å²) in [5.74, 6) is -5.60. The molecule has 2 heterocycles. The van der Waals surface area contributed by atoms with Crippen LogP contribution >= 0.6 is 0 Å². The molecule has 0 aliphatic carbocycles. The summed E-state index contributed by atoms with van der Waals surface area (Å²) in [6.07, 6.45) is -4.45. The van der Waals surface area contributed by atoms with Gasteiger partial charge >= 0.3 is 5.97 Å². The first-order valence-corrected chi connectivity index (χ1v) is 14.6. The maximum atomic E-state index is 13.6. The van der Waals surface area contributed by atoms with E-state index in [4.69, 9.17) is 9.47 Å². The Labute approximate surface area is 248 Å². The largest absolute Gasteiger partial charge is 0.462 e. The molecule has 0 aromatic heterocycles. The Morgan fingerprint density at radius 1 is 0.976 bits per heavy atom. The van der Waals surface area contributed by atoms with Gasteiger partial charge < -0.3 is 40.1 Å². The minimum absolute atomic E-state index is 0.151. The summed E-state index contributed by atoms with van der Waals surface area (Å²) in [5.41, 5.74) is -3.78. The highest BCUT2D eigenvalue weighted by atomic mass is 16.6. The highest BCUT2D eigenvalue weighted by Gasteiger charge is 2.59. The number of ketones is 2. The molecule has 0 bridgehead atoms. The third-order valence-corrected chi connectivity index (χ3v) is 9.04. The number of hydrogen-bond donors (Lipinski definition) is 6. The second kappa shape index (κ2) is 14.2. The fourth-order valence-corrected chi connectivity index (χ4v) is 5.61. The number of cyclic esters (lactones) is 1. The van der Waals surface area contributed by atoms with Crippen LogP contribution in [0, 0.1) is 29.1 Å². The molecule has 0 aromatic carbocycles. The molecule has 0 saturated carbocycles. The first-order valence-electron chi connectivity index (χ1n) is 14.6. The Kier molecular flexibility index (Phi) is 12.2. The van der Waals surface area contributed by atoms with Gasteiger partial charge in [0, 0.05) is 30.1 Å². The lowest BCUT2D eigenvalue weighted by Crippen LogP contribution is -2.59. The molecule has 11 nitrogen and oxygen atoms in total. The fourth-order valence-electron chi connectivity index (χ4n) is 5.61. The van der Waals surface area contributed by atoms with E-state index in [2.05, 4.69) is 0 Å². The molecule has 1 saturated heterocycles. The second-order valence-electron chi connectivity index (χ2n) is 12.8. The van der Waals surface area contributed by atoms with Gasteiger partial charge in [-0.3, -0.25) is 14.4 Å². The van der Waals surface area contributed by atoms with Crippen molar-refractivity contribution < 1.29 is 54.5 Å². The van der Waals surface area contributed by atoms with Gasteiger partial charge in [-0.05, 0) is 19.4 Å². The Hall–Kier alpha value is -1.99. The first kappa shape index (κ1) is 36.2. The van der Waals surface area contributed by atoms with Gasteiger partial charge in [-0.15, -0.1) is 0 Å². The van der Waals surface area contributed by atoms with E-state index >= 15 is 0 Å². The van der Waals surface area contributed by atoms with Crippen molar-refractivity contribution in [2.75, 3.05) is 6.61 Å². The maximum Gasteiger partial charge on any atom is 0.308 e. The molecule has 1 fully saturated rings. The van der Waals surface area contributed by atoms with Gasteiger partial charge in [-0.2, -0.15) is 0 Å². The van der Waals surface area contributed by atoms with Crippen LogP contribution in [-0.4, -0.2) is 103 Å². The quantitative estimate of drug-likeness (QED) is 0.153. The topological polar surface area (TPSA) is 194 Å². The lowest BCUT2D eigenvalue weighted by atomic mass is 9.73. The Morgan fingerprint density at radius 3 is 2.14 bits per heavy atom. The van der Waals surface area contributed by atoms with Crippen LogP contribution in [0.1, 0.15) is 68.2 Å². The smallest absolute Gasteiger partial charge is 0.308 e. The summed E-state index contributed by atoms with van der Waals surface area (Å²) in [5, 5.41) is 66.1. The zero-order chi connectivity index (χ0) is 32.3. The molecular formula is C31H50O11. The average Bonchev–Trinajstić information content (AvgIpc) is 3.73. The lowest BCUT2D eigenvalue weighted by Gasteiger charge is -2.35. The number of hydrogen-bond acceptors (Lipinski definition) is 11. The molecule has 12 atom stereocenters. The number of ether oxygens (including phenoxy) is 2. The minimum Gasteiger partial charge on any atom is -0.462 e. The number of allylic oxidation sites excluding steroid dienone is 1. The van der Waals surface area contributed by atoms with Crippen molar-refractivity contribution in [1.29, 1.82) is 0 Å². The van der Waals surface area contributed by atoms with E-state index in [0.717, 1.165) is 0 Å². The number of Topliss-reactive ketones (excluding diaryl/α,β-unsaturated/α-hetero) is 2. The summed E-state index contributed by atoms with van der Waals surface area (Å²) in [4.78, 5) is 39.7. The maximum absolute atomic E-state index is 13.6. The highest BCUT2D eigenvalue weighted by molar-refractivity contribution is 5.91. The van der Waals surface area contributed by atoms with Crippen molar-refractivity contribution in [2.45, 2.75) is 117 Å². The van der Waals surface area contributed by atoms with Gasteiger partial charge in [0.1, 0.15) is 24.6 Å². The minimum atomic E-state index is -2.68. The fraction of sp³-hybridized carbons (Fsp3) is 0.774. The predicted octanol–water partition coefficient (Wildman–Crippen LogP) is 0.858. The number of rotatable bonds is 4. The van der Waals surface area contributed by atoms with Crippen LogP contribution in [0.2, 0.25) is 0 Å². The van der Waals surface area contributed by atoms with Crippen molar-refractivity contribution in [3.8, 4) is 0 Å². The number of carbonyl (C=O) groups is 3. The molecule has 0 amide bonds. The number of aliphatic hydroxyl groups is 6. The van der Waals surface area contributed by atoms with Crippen LogP contribution in [0.3, 0.4) is 0 Å². The van der Waals surface area contributed by atoms with Gasteiger partial charge in [0.2, 0.25) is 0 Å². The lowest BCUT2D eigenvalue weighted by molar-refractivity contribution is -0.178. The molecule has 42 heavy (non-hydrogen) atoms. The van der Waals surface area contributed by atoms with Crippen LogP contribution in [0.5, 0.6) is 0 Å². The third kappa shape index (κ3) is 7.93. The van der Waals surface area contributed by atoms with Crippen molar-refractivity contribution in [1.82, 2.24) is 0 Å². The normalized spacial score (nSPS) is 41.0. The summed E-state index contributed by atoms with van der Waals surface area (Å²) in [7, 11) is 0. The van der Waals surface area contributed by atoms with Gasteiger partial charge in [-0.1, -0.05) is 59.8 Å². The molecule has 11 heteroatoms. The third-order valence-electron chi connectivity index (χ3n) is 9.04. The summed E-state index contributed by atoms with van der Waals surface area (Å²) in [6, 6.07) is 0. The monoisotopic (exact) mass is 598 g/mol. The van der Waals surface area contributed by atoms with E-state index in [-0.39, 0.29) is 12.3 Å². The predicted molar refractivity (Wildman–Crippen MR) is 153 cm³/mol. The standard InChI is InChI=1S/C31H50O11/c1-9-10-15(2)25-26(42-25)29(39)31(40)14-41-23(35)13-22(34)30(7,8)27(37)19(6)24(36)17(4)11-16(3)20(32)12-21(33)18(5)28(31)38/h9-11,15-16,18-22,24-26,29,32-34,36,39-40H,12-14H2,1-8H3. The molecule has 0 radical (unpaired) electrons. The first-order chi connectivity index (χ1) is 19.3. The molecular weight excluding hydrogens is 548 g/mol. The Morgan fingerprint density at radius 2 is 1.57 bits per heavy atom. The van der Waals surface area contributed by atoms with Gasteiger partial charge in [-0.25, -0.2) is 0 Å². The van der Waals surface area contributed by atoms with Crippen LogP contribution in [-0.2, 0) is 23.9 Å². The second-order valence-corrected chi connectivity index (χ2v) is 12.8. The molecule has 2 aliphatic heterocycles. The SMILES string of the molecule is CC=CC(C)C1OC1C(O)C1(O)COC(=O)CC(O)C(C)(C)C(=O)C(C)C(O)C(C)=CC(C)C(O)CC(O)C(C)C1=O. The zero-order valence-corrected chi connectivity index (χ0v) is 25.9. The number of aliphatic hydroxyl groups excluding tert-OH is 5. The Bertz CT molecular complexity index is 1040. The van der Waals surface area contributed by atoms with E-state index in [1.54, 1.807) is 26.0 Å². The molecule has 6 N–H and O–H groups in total. The van der Waals surface area contributed by atoms with Crippen LogP contribution in [0.25, 0.3) is 0 Å². The van der Waals surface area contributed by atoms with E-state index in [1.807, 2.05) is 19.9 Å². The molecule has 240 valence electrons. The van der Waals surface area contributed by atoms with Crippen LogP contribution in [0.15, 0.2) is 23.8 Å². The van der Waals surface area contributed by atoms with Gasteiger partial charge in [0.15, 0.2) is 11.4 Å². The number of epoxide rings is 1. The van der Waals surface area contributed by atoms with E-state index in [0.29, 0.717) is 5.57 Å². The van der Waals surface area contributed by atoms with Crippen molar-refractivity contribution in [2.24, 2.45) is 29.1 Å². The average molecular weight is 599 g/mol.